The number of unbranched alkanes of at least 4 members (excludes halogenated alkanes) is 2. The van der Waals surface area contributed by atoms with E-state index in [1.165, 1.54) is 56.9 Å². The Kier molecular flexibility index (Phi) is 10.1. The molecule has 0 bridgehead atoms. The lowest BCUT2D eigenvalue weighted by Gasteiger charge is -2.27. The molecule has 1 aliphatic carbocycles. The molecule has 0 aromatic carbocycles. The fourth-order valence-electron chi connectivity index (χ4n) is 3.83. The van der Waals surface area contributed by atoms with Gasteiger partial charge in [-0.15, -0.1) is 0 Å². The number of aromatic nitrogens is 1. The fraction of sp³-hybridized carbons (Fsp3) is 0.727. The first-order valence-corrected chi connectivity index (χ1v) is 10.7. The molecule has 2 amide bonds. The van der Waals surface area contributed by atoms with Crippen molar-refractivity contribution in [1.82, 2.24) is 15.2 Å². The van der Waals surface area contributed by atoms with E-state index in [9.17, 15) is 4.79 Å². The molecule has 0 spiro atoms. The van der Waals surface area contributed by atoms with Crippen molar-refractivity contribution in [2.45, 2.75) is 77.6 Å². The maximum atomic E-state index is 12.6. The Balaban J connectivity index is 1.70. The SMILES string of the molecule is CCCCCN(CCC1CCCCC1)C(=O)NCCCc1ccncc1. The summed E-state index contributed by atoms with van der Waals surface area (Å²) in [5, 5.41) is 3.14. The summed E-state index contributed by atoms with van der Waals surface area (Å²) in [6.45, 7) is 4.78. The molecule has 1 heterocycles. The summed E-state index contributed by atoms with van der Waals surface area (Å²) in [7, 11) is 0. The van der Waals surface area contributed by atoms with Crippen molar-refractivity contribution in [3.05, 3.63) is 30.1 Å². The minimum Gasteiger partial charge on any atom is -0.338 e. The Hall–Kier alpha value is -1.58. The van der Waals surface area contributed by atoms with Gasteiger partial charge in [-0.2, -0.15) is 0 Å². The van der Waals surface area contributed by atoms with Crippen LogP contribution in [0, 0.1) is 5.92 Å². The van der Waals surface area contributed by atoms with Gasteiger partial charge in [0.05, 0.1) is 0 Å². The van der Waals surface area contributed by atoms with Crippen LogP contribution in [0.4, 0.5) is 4.79 Å². The molecule has 1 aromatic heterocycles. The normalized spacial score (nSPS) is 15.0. The van der Waals surface area contributed by atoms with Crippen LogP contribution in [0.5, 0.6) is 0 Å². The quantitative estimate of drug-likeness (QED) is 0.553. The van der Waals surface area contributed by atoms with Crippen molar-refractivity contribution in [3.8, 4) is 0 Å². The summed E-state index contributed by atoms with van der Waals surface area (Å²) in [5.74, 6) is 0.830. The van der Waals surface area contributed by atoms with Gasteiger partial charge in [-0.3, -0.25) is 4.98 Å². The molecule has 0 radical (unpaired) electrons. The van der Waals surface area contributed by atoms with Gasteiger partial charge < -0.3 is 10.2 Å². The molecule has 2 rings (SSSR count). The second-order valence-corrected chi connectivity index (χ2v) is 7.68. The summed E-state index contributed by atoms with van der Waals surface area (Å²) < 4.78 is 0. The Labute approximate surface area is 159 Å². The van der Waals surface area contributed by atoms with E-state index in [1.807, 2.05) is 24.5 Å². The summed E-state index contributed by atoms with van der Waals surface area (Å²) in [5.41, 5.74) is 1.28. The molecule has 0 atom stereocenters. The van der Waals surface area contributed by atoms with E-state index >= 15 is 0 Å². The third-order valence-electron chi connectivity index (χ3n) is 5.52. The Morgan fingerprint density at radius 1 is 1.12 bits per heavy atom. The van der Waals surface area contributed by atoms with Crippen LogP contribution in [0.1, 0.15) is 76.7 Å². The molecule has 26 heavy (non-hydrogen) atoms. The molecule has 4 heteroatoms. The molecule has 4 nitrogen and oxygen atoms in total. The Morgan fingerprint density at radius 2 is 1.88 bits per heavy atom. The number of carbonyl (C=O) groups is 1. The van der Waals surface area contributed by atoms with Crippen LogP contribution >= 0.6 is 0 Å². The molecule has 0 saturated heterocycles. The van der Waals surface area contributed by atoms with E-state index in [0.717, 1.165) is 44.8 Å². The summed E-state index contributed by atoms with van der Waals surface area (Å²) in [6.07, 6.45) is 17.2. The van der Waals surface area contributed by atoms with E-state index in [-0.39, 0.29) is 6.03 Å². The smallest absolute Gasteiger partial charge is 0.317 e. The zero-order valence-corrected chi connectivity index (χ0v) is 16.6. The standard InChI is InChI=1S/C22H37N3O/c1-2-3-7-18-25(19-14-20-9-5-4-6-10-20)22(26)24-15-8-11-21-12-16-23-17-13-21/h12-13,16-17,20H,2-11,14-15,18-19H2,1H3,(H,24,26). The first-order chi connectivity index (χ1) is 12.8. The Morgan fingerprint density at radius 3 is 2.62 bits per heavy atom. The van der Waals surface area contributed by atoms with E-state index < -0.39 is 0 Å². The molecular formula is C22H37N3O. The van der Waals surface area contributed by atoms with Crippen LogP contribution in [0.15, 0.2) is 24.5 Å². The largest absolute Gasteiger partial charge is 0.338 e. The average Bonchev–Trinajstić information content (AvgIpc) is 2.69. The van der Waals surface area contributed by atoms with Crippen LogP contribution < -0.4 is 5.32 Å². The van der Waals surface area contributed by atoms with Gasteiger partial charge in [-0.05, 0) is 49.3 Å². The average molecular weight is 360 g/mol. The van der Waals surface area contributed by atoms with Crippen LogP contribution in [-0.2, 0) is 6.42 Å². The van der Waals surface area contributed by atoms with Crippen molar-refractivity contribution in [2.75, 3.05) is 19.6 Å². The predicted octanol–water partition coefficient (Wildman–Crippen LogP) is 5.19. The van der Waals surface area contributed by atoms with Gasteiger partial charge in [-0.1, -0.05) is 51.9 Å². The lowest BCUT2D eigenvalue weighted by Crippen LogP contribution is -2.42. The van der Waals surface area contributed by atoms with Crippen molar-refractivity contribution >= 4 is 6.03 Å². The topological polar surface area (TPSA) is 45.2 Å². The molecule has 1 saturated carbocycles. The number of hydrogen-bond donors (Lipinski definition) is 1. The van der Waals surface area contributed by atoms with Gasteiger partial charge in [0.15, 0.2) is 0 Å². The second-order valence-electron chi connectivity index (χ2n) is 7.68. The number of nitrogens with one attached hydrogen (secondary N) is 1. The van der Waals surface area contributed by atoms with Crippen molar-refractivity contribution in [2.24, 2.45) is 5.92 Å². The van der Waals surface area contributed by atoms with E-state index in [1.54, 1.807) is 0 Å². The Bertz CT molecular complexity index is 485. The molecule has 1 fully saturated rings. The fourth-order valence-corrected chi connectivity index (χ4v) is 3.83. The zero-order chi connectivity index (χ0) is 18.5. The summed E-state index contributed by atoms with van der Waals surface area (Å²) >= 11 is 0. The minimum absolute atomic E-state index is 0.131. The predicted molar refractivity (Wildman–Crippen MR) is 108 cm³/mol. The van der Waals surface area contributed by atoms with Crippen LogP contribution in [0.3, 0.4) is 0 Å². The molecule has 1 aromatic rings. The van der Waals surface area contributed by atoms with Gasteiger partial charge in [0, 0.05) is 32.0 Å². The van der Waals surface area contributed by atoms with Crippen LogP contribution in [0.2, 0.25) is 0 Å². The van der Waals surface area contributed by atoms with Crippen LogP contribution in [-0.4, -0.2) is 35.5 Å². The highest BCUT2D eigenvalue weighted by Gasteiger charge is 2.17. The maximum absolute atomic E-state index is 12.6. The van der Waals surface area contributed by atoms with Gasteiger partial charge in [0.25, 0.3) is 0 Å². The van der Waals surface area contributed by atoms with Crippen LogP contribution in [0.25, 0.3) is 0 Å². The van der Waals surface area contributed by atoms with Crippen molar-refractivity contribution < 1.29 is 4.79 Å². The molecular weight excluding hydrogens is 322 g/mol. The number of nitrogens with zero attached hydrogens (tertiary/aromatic N) is 2. The molecule has 146 valence electrons. The second kappa shape index (κ2) is 12.7. The first kappa shape index (κ1) is 20.7. The number of pyridine rings is 1. The minimum atomic E-state index is 0.131. The number of hydrogen-bond acceptors (Lipinski definition) is 2. The number of carbonyl (C=O) groups excluding carboxylic acids is 1. The molecule has 1 aliphatic rings. The van der Waals surface area contributed by atoms with E-state index in [2.05, 4.69) is 22.1 Å². The summed E-state index contributed by atoms with van der Waals surface area (Å²) in [4.78, 5) is 18.7. The van der Waals surface area contributed by atoms with Gasteiger partial charge >= 0.3 is 6.03 Å². The summed E-state index contributed by atoms with van der Waals surface area (Å²) in [6, 6.07) is 4.22. The number of urea groups is 1. The maximum Gasteiger partial charge on any atom is 0.317 e. The third kappa shape index (κ3) is 8.20. The first-order valence-electron chi connectivity index (χ1n) is 10.7. The van der Waals surface area contributed by atoms with E-state index in [0.29, 0.717) is 0 Å². The van der Waals surface area contributed by atoms with Crippen molar-refractivity contribution in [1.29, 1.82) is 0 Å². The highest BCUT2D eigenvalue weighted by Crippen LogP contribution is 2.26. The number of aryl methyl sites for hydroxylation is 1. The lowest BCUT2D eigenvalue weighted by molar-refractivity contribution is 0.188. The molecule has 0 aliphatic heterocycles. The number of amides is 2. The number of rotatable bonds is 11. The van der Waals surface area contributed by atoms with Gasteiger partial charge in [0.1, 0.15) is 0 Å². The van der Waals surface area contributed by atoms with E-state index in [4.69, 9.17) is 0 Å². The molecule has 1 N–H and O–H groups in total. The zero-order valence-electron chi connectivity index (χ0n) is 16.6. The monoisotopic (exact) mass is 359 g/mol. The third-order valence-corrected chi connectivity index (χ3v) is 5.52. The highest BCUT2D eigenvalue weighted by atomic mass is 16.2. The van der Waals surface area contributed by atoms with Gasteiger partial charge in [0.2, 0.25) is 0 Å². The highest BCUT2D eigenvalue weighted by molar-refractivity contribution is 5.74. The van der Waals surface area contributed by atoms with Gasteiger partial charge in [-0.25, -0.2) is 4.79 Å². The molecule has 0 unspecified atom stereocenters. The van der Waals surface area contributed by atoms with Crippen molar-refractivity contribution in [3.63, 3.8) is 0 Å². The lowest BCUT2D eigenvalue weighted by atomic mass is 9.87.